The van der Waals surface area contributed by atoms with Crippen LogP contribution in [0.1, 0.15) is 36.6 Å². The molecule has 0 saturated carbocycles. The van der Waals surface area contributed by atoms with Crippen LogP contribution in [0.25, 0.3) is 0 Å². The summed E-state index contributed by atoms with van der Waals surface area (Å²) < 4.78 is 5.56. The van der Waals surface area contributed by atoms with Crippen LogP contribution in [0.2, 0.25) is 0 Å². The van der Waals surface area contributed by atoms with Gasteiger partial charge < -0.3 is 4.74 Å². The summed E-state index contributed by atoms with van der Waals surface area (Å²) in [7, 11) is 0. The quantitative estimate of drug-likeness (QED) is 0.857. The van der Waals surface area contributed by atoms with Crippen LogP contribution in [0.4, 0.5) is 0 Å². The van der Waals surface area contributed by atoms with Crippen molar-refractivity contribution in [2.45, 2.75) is 26.4 Å². The summed E-state index contributed by atoms with van der Waals surface area (Å²) in [6, 6.07) is 8.57. The van der Waals surface area contributed by atoms with Crippen molar-refractivity contribution in [1.82, 2.24) is 10.2 Å². The molecule has 1 atom stereocenters. The SMILES string of the molecule is CCOC(C)c1ccc(Cc2cn[nH]c2)cc1. The van der Waals surface area contributed by atoms with E-state index in [-0.39, 0.29) is 6.10 Å². The van der Waals surface area contributed by atoms with Crippen molar-refractivity contribution in [3.05, 3.63) is 53.3 Å². The van der Waals surface area contributed by atoms with Crippen molar-refractivity contribution < 1.29 is 4.74 Å². The number of nitrogens with one attached hydrogen (secondary N) is 1. The van der Waals surface area contributed by atoms with Crippen LogP contribution in [-0.4, -0.2) is 16.8 Å². The lowest BCUT2D eigenvalue weighted by Crippen LogP contribution is -1.99. The highest BCUT2D eigenvalue weighted by molar-refractivity contribution is 5.27. The van der Waals surface area contributed by atoms with Crippen molar-refractivity contribution in [1.29, 1.82) is 0 Å². The zero-order valence-electron chi connectivity index (χ0n) is 10.3. The predicted molar refractivity (Wildman–Crippen MR) is 67.9 cm³/mol. The molecule has 90 valence electrons. The largest absolute Gasteiger partial charge is 0.374 e. The summed E-state index contributed by atoms with van der Waals surface area (Å²) in [4.78, 5) is 0. The van der Waals surface area contributed by atoms with Crippen molar-refractivity contribution in [3.63, 3.8) is 0 Å². The van der Waals surface area contributed by atoms with E-state index >= 15 is 0 Å². The smallest absolute Gasteiger partial charge is 0.0796 e. The molecular weight excluding hydrogens is 212 g/mol. The molecule has 0 spiro atoms. The Morgan fingerprint density at radius 2 is 2.00 bits per heavy atom. The van der Waals surface area contributed by atoms with Crippen molar-refractivity contribution in [3.8, 4) is 0 Å². The van der Waals surface area contributed by atoms with E-state index in [4.69, 9.17) is 4.74 Å². The fourth-order valence-electron chi connectivity index (χ4n) is 1.86. The summed E-state index contributed by atoms with van der Waals surface area (Å²) in [5.74, 6) is 0. The minimum Gasteiger partial charge on any atom is -0.374 e. The molecular formula is C14H18N2O. The Balaban J connectivity index is 2.02. The van der Waals surface area contributed by atoms with Crippen LogP contribution >= 0.6 is 0 Å². The van der Waals surface area contributed by atoms with Crippen LogP contribution < -0.4 is 0 Å². The summed E-state index contributed by atoms with van der Waals surface area (Å²) in [6.45, 7) is 4.84. The monoisotopic (exact) mass is 230 g/mol. The molecule has 1 aromatic heterocycles. The van der Waals surface area contributed by atoms with Crippen LogP contribution in [-0.2, 0) is 11.2 Å². The van der Waals surface area contributed by atoms with Crippen LogP contribution in [0.5, 0.6) is 0 Å². The van der Waals surface area contributed by atoms with Gasteiger partial charge in [-0.05, 0) is 30.5 Å². The maximum atomic E-state index is 5.56. The first kappa shape index (κ1) is 11.9. The summed E-state index contributed by atoms with van der Waals surface area (Å²) >= 11 is 0. The minimum absolute atomic E-state index is 0.169. The number of H-pyrrole nitrogens is 1. The van der Waals surface area contributed by atoms with E-state index in [1.165, 1.54) is 16.7 Å². The second kappa shape index (κ2) is 5.64. The van der Waals surface area contributed by atoms with Gasteiger partial charge in [0.05, 0.1) is 12.3 Å². The first-order chi connectivity index (χ1) is 8.29. The Labute approximate surface area is 102 Å². The van der Waals surface area contributed by atoms with Gasteiger partial charge in [-0.1, -0.05) is 24.3 Å². The maximum absolute atomic E-state index is 5.56. The van der Waals surface area contributed by atoms with E-state index in [0.717, 1.165) is 13.0 Å². The molecule has 0 radical (unpaired) electrons. The molecule has 0 aliphatic heterocycles. The zero-order valence-corrected chi connectivity index (χ0v) is 10.3. The van der Waals surface area contributed by atoms with Gasteiger partial charge in [-0.25, -0.2) is 0 Å². The summed E-state index contributed by atoms with van der Waals surface area (Å²) in [5.41, 5.74) is 3.72. The van der Waals surface area contributed by atoms with Crippen LogP contribution in [0.3, 0.4) is 0 Å². The molecule has 2 aromatic rings. The molecule has 1 unspecified atom stereocenters. The fourth-order valence-corrected chi connectivity index (χ4v) is 1.86. The first-order valence-corrected chi connectivity index (χ1v) is 5.97. The Hall–Kier alpha value is -1.61. The standard InChI is InChI=1S/C14H18N2O/c1-3-17-11(2)14-6-4-12(5-7-14)8-13-9-15-16-10-13/h4-7,9-11H,3,8H2,1-2H3,(H,15,16). The Bertz CT molecular complexity index is 434. The van der Waals surface area contributed by atoms with Crippen molar-refractivity contribution in [2.75, 3.05) is 6.61 Å². The van der Waals surface area contributed by atoms with E-state index in [1.807, 2.05) is 19.3 Å². The zero-order chi connectivity index (χ0) is 12.1. The molecule has 0 aliphatic rings. The maximum Gasteiger partial charge on any atom is 0.0796 e. The molecule has 0 saturated heterocycles. The number of hydrogen-bond acceptors (Lipinski definition) is 2. The molecule has 17 heavy (non-hydrogen) atoms. The van der Waals surface area contributed by atoms with Crippen LogP contribution in [0, 0.1) is 0 Å². The van der Waals surface area contributed by atoms with Crippen molar-refractivity contribution >= 4 is 0 Å². The van der Waals surface area contributed by atoms with E-state index in [0.29, 0.717) is 0 Å². The molecule has 0 aliphatic carbocycles. The molecule has 0 fully saturated rings. The third-order valence-electron chi connectivity index (χ3n) is 2.83. The fraction of sp³-hybridized carbons (Fsp3) is 0.357. The van der Waals surface area contributed by atoms with Gasteiger partial charge in [0.25, 0.3) is 0 Å². The first-order valence-electron chi connectivity index (χ1n) is 5.97. The summed E-state index contributed by atoms with van der Waals surface area (Å²) in [5, 5.41) is 6.77. The van der Waals surface area contributed by atoms with Gasteiger partial charge in [-0.2, -0.15) is 5.10 Å². The van der Waals surface area contributed by atoms with Crippen molar-refractivity contribution in [2.24, 2.45) is 0 Å². The van der Waals surface area contributed by atoms with E-state index in [2.05, 4.69) is 41.4 Å². The Morgan fingerprint density at radius 3 is 2.59 bits per heavy atom. The molecule has 2 rings (SSSR count). The lowest BCUT2D eigenvalue weighted by molar-refractivity contribution is 0.0764. The lowest BCUT2D eigenvalue weighted by atomic mass is 10.0. The van der Waals surface area contributed by atoms with Gasteiger partial charge in [0.1, 0.15) is 0 Å². The molecule has 3 heteroatoms. The van der Waals surface area contributed by atoms with Gasteiger partial charge in [0, 0.05) is 19.2 Å². The Kier molecular flexibility index (Phi) is 3.94. The highest BCUT2D eigenvalue weighted by Crippen LogP contribution is 2.18. The van der Waals surface area contributed by atoms with Crippen LogP contribution in [0.15, 0.2) is 36.7 Å². The number of nitrogens with zero attached hydrogens (tertiary/aromatic N) is 1. The van der Waals surface area contributed by atoms with E-state index in [1.54, 1.807) is 0 Å². The second-order valence-electron chi connectivity index (χ2n) is 4.12. The average Bonchev–Trinajstić information content (AvgIpc) is 2.83. The van der Waals surface area contributed by atoms with Gasteiger partial charge in [0.15, 0.2) is 0 Å². The molecule has 1 N–H and O–H groups in total. The average molecular weight is 230 g/mol. The summed E-state index contributed by atoms with van der Waals surface area (Å²) in [6.07, 6.45) is 4.87. The topological polar surface area (TPSA) is 37.9 Å². The van der Waals surface area contributed by atoms with E-state index < -0.39 is 0 Å². The minimum atomic E-state index is 0.169. The molecule has 1 aromatic carbocycles. The molecule has 0 bridgehead atoms. The number of ether oxygens (including phenoxy) is 1. The highest BCUT2D eigenvalue weighted by atomic mass is 16.5. The number of aromatic amines is 1. The molecule has 3 nitrogen and oxygen atoms in total. The molecule has 1 heterocycles. The third-order valence-corrected chi connectivity index (χ3v) is 2.83. The van der Waals surface area contributed by atoms with Gasteiger partial charge >= 0.3 is 0 Å². The van der Waals surface area contributed by atoms with Gasteiger partial charge in [-0.15, -0.1) is 0 Å². The van der Waals surface area contributed by atoms with Gasteiger partial charge in [-0.3, -0.25) is 5.10 Å². The third kappa shape index (κ3) is 3.17. The number of hydrogen-bond donors (Lipinski definition) is 1. The Morgan fingerprint density at radius 1 is 1.24 bits per heavy atom. The van der Waals surface area contributed by atoms with E-state index in [9.17, 15) is 0 Å². The predicted octanol–water partition coefficient (Wildman–Crippen LogP) is 3.10. The lowest BCUT2D eigenvalue weighted by Gasteiger charge is -2.12. The van der Waals surface area contributed by atoms with Gasteiger partial charge in [0.2, 0.25) is 0 Å². The second-order valence-corrected chi connectivity index (χ2v) is 4.12. The number of aromatic nitrogens is 2. The highest BCUT2D eigenvalue weighted by Gasteiger charge is 2.04. The normalized spacial score (nSPS) is 12.6. The number of benzene rings is 1. The number of rotatable bonds is 5. The molecule has 0 amide bonds.